The molecular weight excluding hydrogens is 356 g/mol. The van der Waals surface area contributed by atoms with Crippen LogP contribution in [-0.2, 0) is 4.74 Å². The van der Waals surface area contributed by atoms with Crippen LogP contribution < -0.4 is 0 Å². The average Bonchev–Trinajstić information content (AvgIpc) is 3.41. The van der Waals surface area contributed by atoms with E-state index in [9.17, 15) is 4.79 Å². The van der Waals surface area contributed by atoms with Crippen molar-refractivity contribution in [3.63, 3.8) is 0 Å². The van der Waals surface area contributed by atoms with Crippen molar-refractivity contribution >= 4 is 22.5 Å². The van der Waals surface area contributed by atoms with Crippen molar-refractivity contribution < 1.29 is 14.1 Å². The zero-order valence-electron chi connectivity index (χ0n) is 15.6. The SMILES string of the molecule is O=C(c1cnoc1C1CCOCC1)N1CC=C(c2c[nH]c3ncccc23)CC1. The van der Waals surface area contributed by atoms with Gasteiger partial charge in [0, 0.05) is 55.6 Å². The summed E-state index contributed by atoms with van der Waals surface area (Å²) in [5.74, 6) is 0.925. The number of rotatable bonds is 3. The second-order valence-electron chi connectivity index (χ2n) is 7.32. The second kappa shape index (κ2) is 7.24. The van der Waals surface area contributed by atoms with E-state index in [-0.39, 0.29) is 11.8 Å². The molecular formula is C21H22N4O3. The van der Waals surface area contributed by atoms with Crippen LogP contribution >= 0.6 is 0 Å². The van der Waals surface area contributed by atoms with Gasteiger partial charge in [-0.1, -0.05) is 11.2 Å². The molecule has 3 aromatic rings. The highest BCUT2D eigenvalue weighted by Crippen LogP contribution is 2.32. The number of aromatic nitrogens is 3. The summed E-state index contributed by atoms with van der Waals surface area (Å²) >= 11 is 0. The first-order valence-corrected chi connectivity index (χ1v) is 9.74. The quantitative estimate of drug-likeness (QED) is 0.755. The van der Waals surface area contributed by atoms with Crippen LogP contribution in [0.4, 0.5) is 0 Å². The molecule has 7 nitrogen and oxygen atoms in total. The van der Waals surface area contributed by atoms with Gasteiger partial charge < -0.3 is 19.1 Å². The Morgan fingerprint density at radius 1 is 1.29 bits per heavy atom. The van der Waals surface area contributed by atoms with E-state index in [1.165, 1.54) is 11.1 Å². The number of carbonyl (C=O) groups is 1. The van der Waals surface area contributed by atoms with Crippen LogP contribution in [0.15, 0.2) is 41.3 Å². The molecule has 0 radical (unpaired) electrons. The summed E-state index contributed by atoms with van der Waals surface area (Å²) in [6.07, 6.45) is 10.0. The first-order chi connectivity index (χ1) is 13.8. The zero-order chi connectivity index (χ0) is 18.9. The maximum atomic E-state index is 13.1. The van der Waals surface area contributed by atoms with Crippen LogP contribution in [0.2, 0.25) is 0 Å². The highest BCUT2D eigenvalue weighted by atomic mass is 16.5. The lowest BCUT2D eigenvalue weighted by atomic mass is 9.94. The summed E-state index contributed by atoms with van der Waals surface area (Å²) < 4.78 is 10.9. The molecule has 1 amide bonds. The van der Waals surface area contributed by atoms with E-state index in [1.807, 2.05) is 17.2 Å². The standard InChI is InChI=1S/C21H22N4O3/c26-21(18-13-24-28-19(18)15-5-10-27-11-6-15)25-8-3-14(4-9-25)17-12-23-20-16(17)2-1-7-22-20/h1-3,7,12-13,15H,4-6,8-11H2,(H,22,23). The van der Waals surface area contributed by atoms with Gasteiger partial charge in [0.25, 0.3) is 5.91 Å². The molecule has 0 aromatic carbocycles. The van der Waals surface area contributed by atoms with Crippen molar-refractivity contribution in [2.75, 3.05) is 26.3 Å². The van der Waals surface area contributed by atoms with Crippen LogP contribution in [0, 0.1) is 0 Å². The van der Waals surface area contributed by atoms with Gasteiger partial charge in [0.15, 0.2) is 5.76 Å². The van der Waals surface area contributed by atoms with Crippen molar-refractivity contribution in [2.45, 2.75) is 25.2 Å². The van der Waals surface area contributed by atoms with Gasteiger partial charge in [0.2, 0.25) is 0 Å². The summed E-state index contributed by atoms with van der Waals surface area (Å²) in [6.45, 7) is 2.66. The largest absolute Gasteiger partial charge is 0.381 e. The highest BCUT2D eigenvalue weighted by Gasteiger charge is 2.29. The topological polar surface area (TPSA) is 84.2 Å². The van der Waals surface area contributed by atoms with E-state index >= 15 is 0 Å². The smallest absolute Gasteiger partial charge is 0.259 e. The lowest BCUT2D eigenvalue weighted by Crippen LogP contribution is -2.35. The third kappa shape index (κ3) is 3.01. The first-order valence-electron chi connectivity index (χ1n) is 9.74. The van der Waals surface area contributed by atoms with E-state index in [1.54, 1.807) is 12.4 Å². The summed E-state index contributed by atoms with van der Waals surface area (Å²) in [7, 11) is 0. The third-order valence-corrected chi connectivity index (χ3v) is 5.71. The van der Waals surface area contributed by atoms with Gasteiger partial charge in [-0.3, -0.25) is 4.79 Å². The molecule has 2 aliphatic rings. The molecule has 1 fully saturated rings. The van der Waals surface area contributed by atoms with E-state index in [0.29, 0.717) is 37.6 Å². The van der Waals surface area contributed by atoms with E-state index in [2.05, 4.69) is 27.3 Å². The maximum absolute atomic E-state index is 13.1. The number of hydrogen-bond acceptors (Lipinski definition) is 5. The van der Waals surface area contributed by atoms with Crippen molar-refractivity contribution in [1.29, 1.82) is 0 Å². The number of ether oxygens (including phenoxy) is 1. The molecule has 2 aliphatic heterocycles. The predicted octanol–water partition coefficient (Wildman–Crippen LogP) is 3.37. The average molecular weight is 378 g/mol. The van der Waals surface area contributed by atoms with E-state index < -0.39 is 0 Å². The molecule has 1 N–H and O–H groups in total. The normalized spacial score (nSPS) is 18.4. The lowest BCUT2D eigenvalue weighted by molar-refractivity contribution is 0.0732. The number of pyridine rings is 1. The number of H-pyrrole nitrogens is 1. The Kier molecular flexibility index (Phi) is 4.44. The molecule has 28 heavy (non-hydrogen) atoms. The Morgan fingerprint density at radius 3 is 3.00 bits per heavy atom. The summed E-state index contributed by atoms with van der Waals surface area (Å²) in [6, 6.07) is 4.02. The minimum atomic E-state index is -0.00126. The van der Waals surface area contributed by atoms with Crippen molar-refractivity contribution in [2.24, 2.45) is 0 Å². The number of nitrogens with zero attached hydrogens (tertiary/aromatic N) is 3. The van der Waals surface area contributed by atoms with Crippen molar-refractivity contribution in [3.05, 3.63) is 53.7 Å². The van der Waals surface area contributed by atoms with Gasteiger partial charge in [-0.2, -0.15) is 0 Å². The van der Waals surface area contributed by atoms with Crippen LogP contribution in [0.1, 0.15) is 46.9 Å². The summed E-state index contributed by atoms with van der Waals surface area (Å²) in [4.78, 5) is 22.5. The summed E-state index contributed by atoms with van der Waals surface area (Å²) in [5.41, 5.74) is 3.91. The number of hydrogen-bond donors (Lipinski definition) is 1. The van der Waals surface area contributed by atoms with Crippen LogP contribution in [-0.4, -0.2) is 52.2 Å². The molecule has 3 aromatic heterocycles. The number of amides is 1. The Bertz CT molecular complexity index is 1030. The van der Waals surface area contributed by atoms with Gasteiger partial charge >= 0.3 is 0 Å². The maximum Gasteiger partial charge on any atom is 0.259 e. The lowest BCUT2D eigenvalue weighted by Gasteiger charge is -2.27. The fourth-order valence-electron chi connectivity index (χ4n) is 4.15. The first kappa shape index (κ1) is 17.2. The zero-order valence-corrected chi connectivity index (χ0v) is 15.6. The molecule has 5 rings (SSSR count). The molecule has 0 unspecified atom stereocenters. The van der Waals surface area contributed by atoms with Gasteiger partial charge in [-0.15, -0.1) is 0 Å². The molecule has 0 saturated carbocycles. The predicted molar refractivity (Wildman–Crippen MR) is 104 cm³/mol. The van der Waals surface area contributed by atoms with E-state index in [0.717, 1.165) is 30.3 Å². The molecule has 7 heteroatoms. The molecule has 0 bridgehead atoms. The number of fused-ring (bicyclic) bond motifs is 1. The van der Waals surface area contributed by atoms with E-state index in [4.69, 9.17) is 9.26 Å². The van der Waals surface area contributed by atoms with Crippen LogP contribution in [0.25, 0.3) is 16.6 Å². The molecule has 0 spiro atoms. The van der Waals surface area contributed by atoms with Gasteiger partial charge in [0.05, 0.1) is 6.20 Å². The minimum Gasteiger partial charge on any atom is -0.381 e. The Morgan fingerprint density at radius 2 is 2.18 bits per heavy atom. The number of nitrogens with one attached hydrogen (secondary N) is 1. The second-order valence-corrected chi connectivity index (χ2v) is 7.32. The molecule has 1 saturated heterocycles. The van der Waals surface area contributed by atoms with Crippen LogP contribution in [0.5, 0.6) is 0 Å². The van der Waals surface area contributed by atoms with Crippen molar-refractivity contribution in [1.82, 2.24) is 20.0 Å². The van der Waals surface area contributed by atoms with Gasteiger partial charge in [0.1, 0.15) is 11.2 Å². The Labute approximate surface area is 162 Å². The highest BCUT2D eigenvalue weighted by molar-refractivity contribution is 5.96. The molecule has 0 atom stereocenters. The number of carbonyl (C=O) groups excluding carboxylic acids is 1. The van der Waals surface area contributed by atoms with Gasteiger partial charge in [-0.25, -0.2) is 4.98 Å². The fourth-order valence-corrected chi connectivity index (χ4v) is 4.15. The third-order valence-electron chi connectivity index (χ3n) is 5.71. The minimum absolute atomic E-state index is 0.00126. The fraction of sp³-hybridized carbons (Fsp3) is 0.381. The summed E-state index contributed by atoms with van der Waals surface area (Å²) in [5, 5.41) is 5.03. The van der Waals surface area contributed by atoms with Gasteiger partial charge in [-0.05, 0) is 37.0 Å². The molecule has 5 heterocycles. The Balaban J connectivity index is 1.34. The van der Waals surface area contributed by atoms with Crippen LogP contribution in [0.3, 0.4) is 0 Å². The Hall–Kier alpha value is -2.93. The molecule has 0 aliphatic carbocycles. The van der Waals surface area contributed by atoms with Crippen molar-refractivity contribution in [3.8, 4) is 0 Å². The molecule has 144 valence electrons. The number of aromatic amines is 1. The monoisotopic (exact) mass is 378 g/mol.